The van der Waals surface area contributed by atoms with Gasteiger partial charge in [0.25, 0.3) is 5.91 Å². The highest BCUT2D eigenvalue weighted by atomic mass is 35.5. The number of hydrogen-bond donors (Lipinski definition) is 1. The lowest BCUT2D eigenvalue weighted by molar-refractivity contribution is 0.100. The van der Waals surface area contributed by atoms with Gasteiger partial charge in [-0.05, 0) is 31.2 Å². The lowest BCUT2D eigenvalue weighted by atomic mass is 10.1. The first kappa shape index (κ1) is 13.2. The number of aromatic nitrogens is 2. The van der Waals surface area contributed by atoms with Gasteiger partial charge in [-0.2, -0.15) is 0 Å². The van der Waals surface area contributed by atoms with Crippen LogP contribution in [0.3, 0.4) is 0 Å². The summed E-state index contributed by atoms with van der Waals surface area (Å²) >= 11 is 5.59. The fourth-order valence-corrected chi connectivity index (χ4v) is 1.55. The summed E-state index contributed by atoms with van der Waals surface area (Å²) in [5, 5.41) is 10.1. The molecule has 19 heavy (non-hydrogen) atoms. The molecule has 1 heterocycles. The van der Waals surface area contributed by atoms with Crippen LogP contribution in [-0.2, 0) is 0 Å². The smallest absolute Gasteiger partial charge is 0.276 e. The Balaban J connectivity index is 2.17. The van der Waals surface area contributed by atoms with Gasteiger partial charge in [-0.15, -0.1) is 10.2 Å². The predicted octanol–water partition coefficient (Wildman–Crippen LogP) is 2.58. The Labute approximate surface area is 114 Å². The van der Waals surface area contributed by atoms with Crippen LogP contribution in [0.5, 0.6) is 0 Å². The molecular weight excluding hydrogens is 266 g/mol. The van der Waals surface area contributed by atoms with E-state index in [2.05, 4.69) is 15.5 Å². The van der Waals surface area contributed by atoms with Crippen LogP contribution in [0.1, 0.15) is 27.8 Å². The zero-order chi connectivity index (χ0) is 13.8. The lowest BCUT2D eigenvalue weighted by Gasteiger charge is -2.05. The zero-order valence-electron chi connectivity index (χ0n) is 10.1. The number of halogens is 1. The van der Waals surface area contributed by atoms with E-state index in [0.717, 1.165) is 0 Å². The highest BCUT2D eigenvalue weighted by Crippen LogP contribution is 2.12. The number of rotatable bonds is 3. The van der Waals surface area contributed by atoms with Crippen LogP contribution in [0.15, 0.2) is 36.4 Å². The molecule has 0 aliphatic carbocycles. The molecule has 2 aromatic rings. The molecule has 0 unspecified atom stereocenters. The Kier molecular flexibility index (Phi) is 3.87. The molecule has 6 heteroatoms. The van der Waals surface area contributed by atoms with E-state index < -0.39 is 5.91 Å². The molecule has 0 aliphatic heterocycles. The molecule has 96 valence electrons. The van der Waals surface area contributed by atoms with Gasteiger partial charge in [0.05, 0.1) is 0 Å². The van der Waals surface area contributed by atoms with E-state index in [0.29, 0.717) is 11.3 Å². The fourth-order valence-electron chi connectivity index (χ4n) is 1.45. The SMILES string of the molecule is CC(=O)c1cccc(NC(=O)c2ccc(Cl)nn2)c1. The van der Waals surface area contributed by atoms with Crippen molar-refractivity contribution in [2.45, 2.75) is 6.92 Å². The fraction of sp³-hybridized carbons (Fsp3) is 0.0769. The number of benzene rings is 1. The quantitative estimate of drug-likeness (QED) is 0.874. The summed E-state index contributed by atoms with van der Waals surface area (Å²) in [6.07, 6.45) is 0. The second-order valence-electron chi connectivity index (χ2n) is 3.83. The molecule has 0 atom stereocenters. The maximum atomic E-state index is 11.9. The van der Waals surface area contributed by atoms with E-state index >= 15 is 0 Å². The van der Waals surface area contributed by atoms with Crippen molar-refractivity contribution in [3.8, 4) is 0 Å². The third-order valence-electron chi connectivity index (χ3n) is 2.39. The largest absolute Gasteiger partial charge is 0.321 e. The predicted molar refractivity (Wildman–Crippen MR) is 71.4 cm³/mol. The summed E-state index contributed by atoms with van der Waals surface area (Å²) in [6.45, 7) is 1.46. The molecule has 2 rings (SSSR count). The van der Waals surface area contributed by atoms with E-state index in [1.165, 1.54) is 19.1 Å². The highest BCUT2D eigenvalue weighted by molar-refractivity contribution is 6.29. The van der Waals surface area contributed by atoms with Crippen molar-refractivity contribution in [1.29, 1.82) is 0 Å². The van der Waals surface area contributed by atoms with Crippen molar-refractivity contribution in [2.75, 3.05) is 5.32 Å². The number of Topliss-reactive ketones (excluding diaryl/α,β-unsaturated/α-hetero) is 1. The Morgan fingerprint density at radius 2 is 1.95 bits per heavy atom. The van der Waals surface area contributed by atoms with Gasteiger partial charge in [-0.3, -0.25) is 9.59 Å². The molecule has 0 saturated heterocycles. The van der Waals surface area contributed by atoms with Crippen LogP contribution in [0.25, 0.3) is 0 Å². The van der Waals surface area contributed by atoms with Gasteiger partial charge in [-0.1, -0.05) is 23.7 Å². The third-order valence-corrected chi connectivity index (χ3v) is 2.59. The van der Waals surface area contributed by atoms with Gasteiger partial charge in [0.15, 0.2) is 16.6 Å². The Bertz CT molecular complexity index is 626. The van der Waals surface area contributed by atoms with Gasteiger partial charge in [0.2, 0.25) is 0 Å². The van der Waals surface area contributed by atoms with Gasteiger partial charge >= 0.3 is 0 Å². The van der Waals surface area contributed by atoms with E-state index in [1.807, 2.05) is 0 Å². The molecule has 0 saturated carbocycles. The number of hydrogen-bond acceptors (Lipinski definition) is 4. The first-order valence-corrected chi connectivity index (χ1v) is 5.85. The molecule has 1 amide bonds. The van der Waals surface area contributed by atoms with E-state index in [9.17, 15) is 9.59 Å². The monoisotopic (exact) mass is 275 g/mol. The Morgan fingerprint density at radius 1 is 1.16 bits per heavy atom. The minimum Gasteiger partial charge on any atom is -0.321 e. The number of anilines is 1. The molecule has 1 N–H and O–H groups in total. The number of carbonyl (C=O) groups is 2. The van der Waals surface area contributed by atoms with Gasteiger partial charge in [-0.25, -0.2) is 0 Å². The summed E-state index contributed by atoms with van der Waals surface area (Å²) in [4.78, 5) is 23.1. The minimum absolute atomic E-state index is 0.0672. The maximum Gasteiger partial charge on any atom is 0.276 e. The van der Waals surface area contributed by atoms with Crippen molar-refractivity contribution >= 4 is 29.0 Å². The lowest BCUT2D eigenvalue weighted by Crippen LogP contribution is -2.14. The van der Waals surface area contributed by atoms with Crippen LogP contribution in [0, 0.1) is 0 Å². The summed E-state index contributed by atoms with van der Waals surface area (Å²) in [7, 11) is 0. The second-order valence-corrected chi connectivity index (χ2v) is 4.22. The summed E-state index contributed by atoms with van der Waals surface area (Å²) in [5.41, 5.74) is 1.20. The van der Waals surface area contributed by atoms with E-state index in [4.69, 9.17) is 11.6 Å². The number of nitrogens with zero attached hydrogens (tertiary/aromatic N) is 2. The van der Waals surface area contributed by atoms with Crippen LogP contribution < -0.4 is 5.32 Å². The molecular formula is C13H10ClN3O2. The average molecular weight is 276 g/mol. The first-order chi connectivity index (χ1) is 9.06. The van der Waals surface area contributed by atoms with Gasteiger partial charge < -0.3 is 5.32 Å². The molecule has 1 aromatic heterocycles. The van der Waals surface area contributed by atoms with Crippen LogP contribution in [0.4, 0.5) is 5.69 Å². The van der Waals surface area contributed by atoms with Crippen molar-refractivity contribution in [3.63, 3.8) is 0 Å². The third kappa shape index (κ3) is 3.35. The van der Waals surface area contributed by atoms with Crippen molar-refractivity contribution in [1.82, 2.24) is 10.2 Å². The molecule has 0 fully saturated rings. The topological polar surface area (TPSA) is 72.0 Å². The molecule has 1 aromatic carbocycles. The molecule has 0 bridgehead atoms. The van der Waals surface area contributed by atoms with Gasteiger partial charge in [0.1, 0.15) is 0 Å². The highest BCUT2D eigenvalue weighted by Gasteiger charge is 2.09. The first-order valence-electron chi connectivity index (χ1n) is 5.48. The molecule has 5 nitrogen and oxygen atoms in total. The normalized spacial score (nSPS) is 10.0. The maximum absolute atomic E-state index is 11.9. The van der Waals surface area contributed by atoms with Crippen LogP contribution >= 0.6 is 11.6 Å². The van der Waals surface area contributed by atoms with E-state index in [-0.39, 0.29) is 16.6 Å². The number of nitrogens with one attached hydrogen (secondary N) is 1. The van der Waals surface area contributed by atoms with E-state index in [1.54, 1.807) is 24.3 Å². The summed E-state index contributed by atoms with van der Waals surface area (Å²) in [6, 6.07) is 9.62. The van der Waals surface area contributed by atoms with Gasteiger partial charge in [0, 0.05) is 11.3 Å². The molecule has 0 spiro atoms. The van der Waals surface area contributed by atoms with Crippen LogP contribution in [0.2, 0.25) is 5.15 Å². The Hall–Kier alpha value is -2.27. The molecule has 0 aliphatic rings. The minimum atomic E-state index is -0.412. The summed E-state index contributed by atoms with van der Waals surface area (Å²) < 4.78 is 0. The van der Waals surface area contributed by atoms with Crippen molar-refractivity contribution in [2.24, 2.45) is 0 Å². The molecule has 0 radical (unpaired) electrons. The standard InChI is InChI=1S/C13H10ClN3O2/c1-8(18)9-3-2-4-10(7-9)15-13(19)11-5-6-12(14)17-16-11/h2-7H,1H3,(H,15,19). The number of ketones is 1. The van der Waals surface area contributed by atoms with Crippen molar-refractivity contribution < 1.29 is 9.59 Å². The zero-order valence-corrected chi connectivity index (χ0v) is 10.8. The second kappa shape index (κ2) is 5.58. The number of carbonyl (C=O) groups excluding carboxylic acids is 2. The summed E-state index contributed by atoms with van der Waals surface area (Å²) in [5.74, 6) is -0.479. The number of amides is 1. The Morgan fingerprint density at radius 3 is 2.58 bits per heavy atom. The average Bonchev–Trinajstić information content (AvgIpc) is 2.39. The van der Waals surface area contributed by atoms with Crippen molar-refractivity contribution in [3.05, 3.63) is 52.8 Å². The van der Waals surface area contributed by atoms with Crippen LogP contribution in [-0.4, -0.2) is 21.9 Å².